The smallest absolute Gasteiger partial charge is 0.225 e. The maximum atomic E-state index is 12.1. The fraction of sp³-hybridized carbons (Fsp3) is 0.333. The Kier molecular flexibility index (Phi) is 4.06. The zero-order valence-corrected chi connectivity index (χ0v) is 12.3. The summed E-state index contributed by atoms with van der Waals surface area (Å²) >= 11 is 1.61. The Balaban J connectivity index is 1.52. The van der Waals surface area contributed by atoms with E-state index in [9.17, 15) is 9.59 Å². The van der Waals surface area contributed by atoms with E-state index in [1.807, 2.05) is 23.6 Å². The van der Waals surface area contributed by atoms with Gasteiger partial charge in [-0.1, -0.05) is 6.07 Å². The summed E-state index contributed by atoms with van der Waals surface area (Å²) in [6.07, 6.45) is 1.86. The van der Waals surface area contributed by atoms with Crippen LogP contribution in [0.5, 0.6) is 0 Å². The first kappa shape index (κ1) is 13.9. The van der Waals surface area contributed by atoms with E-state index < -0.39 is 0 Å². The summed E-state index contributed by atoms with van der Waals surface area (Å²) in [6, 6.07) is 7.56. The first-order chi connectivity index (χ1) is 10.2. The Morgan fingerprint density at radius 3 is 3.05 bits per heavy atom. The van der Waals surface area contributed by atoms with Gasteiger partial charge in [-0.25, -0.2) is 0 Å². The third-order valence-corrected chi connectivity index (χ3v) is 4.41. The summed E-state index contributed by atoms with van der Waals surface area (Å²) in [5.74, 6) is 0.414. The summed E-state index contributed by atoms with van der Waals surface area (Å²) in [6.45, 7) is 1.41. The fourth-order valence-electron chi connectivity index (χ4n) is 2.42. The second kappa shape index (κ2) is 6.13. The van der Waals surface area contributed by atoms with Gasteiger partial charge in [0.2, 0.25) is 11.8 Å². The van der Waals surface area contributed by atoms with Gasteiger partial charge in [-0.3, -0.25) is 9.59 Å². The van der Waals surface area contributed by atoms with Crippen molar-refractivity contribution in [1.82, 2.24) is 10.2 Å². The van der Waals surface area contributed by atoms with Gasteiger partial charge >= 0.3 is 0 Å². The lowest BCUT2D eigenvalue weighted by Crippen LogP contribution is -2.32. The van der Waals surface area contributed by atoms with Crippen molar-refractivity contribution in [1.29, 1.82) is 0 Å². The Morgan fingerprint density at radius 1 is 1.43 bits per heavy atom. The highest BCUT2D eigenvalue weighted by atomic mass is 32.1. The molecule has 1 N–H and O–H groups in total. The van der Waals surface area contributed by atoms with E-state index in [1.165, 1.54) is 0 Å². The number of carbonyl (C=O) groups excluding carboxylic acids is 2. The number of nitrogens with zero attached hydrogens (tertiary/aromatic N) is 1. The lowest BCUT2D eigenvalue weighted by molar-refractivity contribution is -0.129. The molecule has 0 bridgehead atoms. The number of likely N-dealkylation sites (tertiary alicyclic amines) is 1. The van der Waals surface area contributed by atoms with Crippen molar-refractivity contribution in [3.05, 3.63) is 46.5 Å². The van der Waals surface area contributed by atoms with Crippen LogP contribution in [0.1, 0.15) is 17.1 Å². The van der Waals surface area contributed by atoms with Crippen molar-refractivity contribution < 1.29 is 14.0 Å². The van der Waals surface area contributed by atoms with E-state index in [0.717, 1.165) is 10.6 Å². The molecule has 1 aliphatic rings. The molecule has 3 rings (SSSR count). The second-order valence-electron chi connectivity index (χ2n) is 5.05. The zero-order chi connectivity index (χ0) is 14.7. The van der Waals surface area contributed by atoms with Crippen LogP contribution in [0, 0.1) is 5.92 Å². The number of hydrogen-bond acceptors (Lipinski definition) is 4. The largest absolute Gasteiger partial charge is 0.467 e. The summed E-state index contributed by atoms with van der Waals surface area (Å²) in [5.41, 5.74) is 0. The third kappa shape index (κ3) is 3.33. The van der Waals surface area contributed by atoms with Gasteiger partial charge in [-0.15, -0.1) is 11.3 Å². The van der Waals surface area contributed by atoms with Gasteiger partial charge in [-0.05, 0) is 23.6 Å². The first-order valence-electron chi connectivity index (χ1n) is 6.82. The number of hydrogen-bond donors (Lipinski definition) is 1. The Bertz CT molecular complexity index is 607. The van der Waals surface area contributed by atoms with E-state index in [-0.39, 0.29) is 24.2 Å². The maximum absolute atomic E-state index is 12.1. The molecule has 0 unspecified atom stereocenters. The highest BCUT2D eigenvalue weighted by Gasteiger charge is 2.34. The van der Waals surface area contributed by atoms with Crippen molar-refractivity contribution in [3.8, 4) is 0 Å². The van der Waals surface area contributed by atoms with E-state index in [0.29, 0.717) is 19.6 Å². The number of nitrogens with one attached hydrogen (secondary N) is 1. The van der Waals surface area contributed by atoms with Gasteiger partial charge in [0.15, 0.2) is 0 Å². The third-order valence-electron chi connectivity index (χ3n) is 3.53. The van der Waals surface area contributed by atoms with Crippen molar-refractivity contribution >= 4 is 23.2 Å². The van der Waals surface area contributed by atoms with Crippen LogP contribution in [0.15, 0.2) is 40.3 Å². The molecule has 2 aromatic rings. The molecule has 5 nitrogen and oxygen atoms in total. The number of furan rings is 1. The van der Waals surface area contributed by atoms with Gasteiger partial charge in [0.05, 0.1) is 25.3 Å². The molecule has 3 heterocycles. The Labute approximate surface area is 126 Å². The minimum absolute atomic E-state index is 0.00248. The minimum Gasteiger partial charge on any atom is -0.467 e. The molecule has 110 valence electrons. The molecule has 0 aromatic carbocycles. The summed E-state index contributed by atoms with van der Waals surface area (Å²) in [5, 5.41) is 4.87. The number of rotatable bonds is 5. The van der Waals surface area contributed by atoms with Crippen molar-refractivity contribution in [2.45, 2.75) is 19.5 Å². The Morgan fingerprint density at radius 2 is 2.33 bits per heavy atom. The van der Waals surface area contributed by atoms with Gasteiger partial charge in [0.25, 0.3) is 0 Å². The second-order valence-corrected chi connectivity index (χ2v) is 6.08. The van der Waals surface area contributed by atoms with Crippen molar-refractivity contribution in [2.24, 2.45) is 5.92 Å². The molecule has 21 heavy (non-hydrogen) atoms. The molecule has 2 aromatic heterocycles. The van der Waals surface area contributed by atoms with Gasteiger partial charge < -0.3 is 14.6 Å². The molecule has 0 spiro atoms. The molecule has 2 amide bonds. The first-order valence-corrected chi connectivity index (χ1v) is 7.70. The van der Waals surface area contributed by atoms with Crippen LogP contribution >= 0.6 is 11.3 Å². The molecule has 1 atom stereocenters. The van der Waals surface area contributed by atoms with Gasteiger partial charge in [0.1, 0.15) is 5.76 Å². The monoisotopic (exact) mass is 304 g/mol. The van der Waals surface area contributed by atoms with Gasteiger partial charge in [-0.2, -0.15) is 0 Å². The molecule has 1 saturated heterocycles. The van der Waals surface area contributed by atoms with Crippen LogP contribution in [0.3, 0.4) is 0 Å². The molecule has 1 aliphatic heterocycles. The van der Waals surface area contributed by atoms with Crippen LogP contribution in [0.25, 0.3) is 0 Å². The highest BCUT2D eigenvalue weighted by molar-refractivity contribution is 7.09. The Hall–Kier alpha value is -2.08. The maximum Gasteiger partial charge on any atom is 0.225 e. The fourth-order valence-corrected chi connectivity index (χ4v) is 3.07. The van der Waals surface area contributed by atoms with Crippen molar-refractivity contribution in [2.75, 3.05) is 6.54 Å². The molecule has 6 heteroatoms. The normalized spacial score (nSPS) is 18.2. The van der Waals surface area contributed by atoms with E-state index in [4.69, 9.17) is 4.42 Å². The standard InChI is InChI=1S/C15H16N2O3S/c18-14-7-11(9-17(14)10-12-3-1-5-20-12)15(19)16-8-13-4-2-6-21-13/h1-6,11H,7-10H2,(H,16,19)/t11-/m0/s1. The summed E-state index contributed by atoms with van der Waals surface area (Å²) in [7, 11) is 0. The predicted octanol–water partition coefficient (Wildman–Crippen LogP) is 2.01. The van der Waals surface area contributed by atoms with Crippen LogP contribution in [0.2, 0.25) is 0 Å². The average Bonchev–Trinajstić information content (AvgIpc) is 3.20. The lowest BCUT2D eigenvalue weighted by Gasteiger charge is -2.14. The summed E-state index contributed by atoms with van der Waals surface area (Å²) in [4.78, 5) is 26.9. The SMILES string of the molecule is O=C(NCc1cccs1)[C@H]1CC(=O)N(Cc2ccco2)C1. The van der Waals surface area contributed by atoms with Crippen LogP contribution in [0.4, 0.5) is 0 Å². The molecular weight excluding hydrogens is 288 g/mol. The number of carbonyl (C=O) groups is 2. The van der Waals surface area contributed by atoms with Crippen LogP contribution < -0.4 is 5.32 Å². The van der Waals surface area contributed by atoms with Crippen molar-refractivity contribution in [3.63, 3.8) is 0 Å². The molecule has 1 fully saturated rings. The topological polar surface area (TPSA) is 62.6 Å². The molecular formula is C15H16N2O3S. The van der Waals surface area contributed by atoms with E-state index >= 15 is 0 Å². The van der Waals surface area contributed by atoms with Crippen LogP contribution in [-0.4, -0.2) is 23.3 Å². The number of thiophene rings is 1. The lowest BCUT2D eigenvalue weighted by atomic mass is 10.1. The summed E-state index contributed by atoms with van der Waals surface area (Å²) < 4.78 is 5.24. The molecule has 0 radical (unpaired) electrons. The molecule has 0 aliphatic carbocycles. The predicted molar refractivity (Wildman–Crippen MR) is 78.4 cm³/mol. The number of amides is 2. The average molecular weight is 304 g/mol. The highest BCUT2D eigenvalue weighted by Crippen LogP contribution is 2.21. The zero-order valence-electron chi connectivity index (χ0n) is 11.5. The van der Waals surface area contributed by atoms with Gasteiger partial charge in [0, 0.05) is 17.8 Å². The van der Waals surface area contributed by atoms with E-state index in [1.54, 1.807) is 28.6 Å². The van der Waals surface area contributed by atoms with Crippen LogP contribution in [-0.2, 0) is 22.7 Å². The quantitative estimate of drug-likeness (QED) is 0.919. The van der Waals surface area contributed by atoms with E-state index in [2.05, 4.69) is 5.32 Å². The minimum atomic E-state index is -0.271. The molecule has 0 saturated carbocycles.